The summed E-state index contributed by atoms with van der Waals surface area (Å²) in [5.41, 5.74) is 6.26. The van der Waals surface area contributed by atoms with Crippen LogP contribution in [0.4, 0.5) is 5.69 Å². The Balaban J connectivity index is 1.17. The van der Waals surface area contributed by atoms with Crippen LogP contribution in [0.1, 0.15) is 12.8 Å². The van der Waals surface area contributed by atoms with Gasteiger partial charge in [0, 0.05) is 43.3 Å². The Hall–Kier alpha value is -3.80. The summed E-state index contributed by atoms with van der Waals surface area (Å²) in [5, 5.41) is 9.53. The van der Waals surface area contributed by atoms with Crippen molar-refractivity contribution in [2.45, 2.75) is 12.8 Å². The Kier molecular flexibility index (Phi) is 4.79. The molecule has 33 heavy (non-hydrogen) atoms. The number of rotatable bonds is 4. The third kappa shape index (κ3) is 3.93. The van der Waals surface area contributed by atoms with Crippen molar-refractivity contribution in [1.29, 1.82) is 0 Å². The molecule has 1 saturated heterocycles. The van der Waals surface area contributed by atoms with E-state index in [1.54, 1.807) is 12.1 Å². The number of carbonyl (C=O) groups excluding carboxylic acids is 1. The first-order valence-electron chi connectivity index (χ1n) is 11.6. The molecular formula is C27H26N4O2. The Labute approximate surface area is 192 Å². The number of anilines is 1. The minimum Gasteiger partial charge on any atom is -0.508 e. The number of aromatic amines is 1. The van der Waals surface area contributed by atoms with Gasteiger partial charge in [-0.3, -0.25) is 4.79 Å². The van der Waals surface area contributed by atoms with E-state index in [-0.39, 0.29) is 5.75 Å². The van der Waals surface area contributed by atoms with Gasteiger partial charge in [0.1, 0.15) is 11.6 Å². The average Bonchev–Trinajstić information content (AvgIpc) is 3.62. The highest BCUT2D eigenvalue weighted by Crippen LogP contribution is 2.32. The number of amides is 1. The lowest BCUT2D eigenvalue weighted by Crippen LogP contribution is -2.49. The highest BCUT2D eigenvalue weighted by atomic mass is 16.3. The standard InChI is InChI=1S/C27H26N4O2/c32-23-10-5-18(6-11-23)21-7-12-24-25(17-21)29-26(28-24)19-3-8-22(9-4-19)30-13-15-31(16-14-30)27(33)20-1-2-20/h3-12,17,20,32H,1-2,13-16H2,(H,28,29). The number of carbonyl (C=O) groups is 1. The van der Waals surface area contributed by atoms with Crippen LogP contribution in [-0.2, 0) is 4.79 Å². The van der Waals surface area contributed by atoms with E-state index in [4.69, 9.17) is 4.98 Å². The molecule has 3 aromatic carbocycles. The van der Waals surface area contributed by atoms with Crippen LogP contribution in [0, 0.1) is 5.92 Å². The first kappa shape index (κ1) is 19.9. The largest absolute Gasteiger partial charge is 0.508 e. The minimum absolute atomic E-state index is 0.265. The monoisotopic (exact) mass is 438 g/mol. The van der Waals surface area contributed by atoms with E-state index in [0.29, 0.717) is 11.8 Å². The van der Waals surface area contributed by atoms with Crippen LogP contribution in [-0.4, -0.2) is 52.1 Å². The quantitative estimate of drug-likeness (QED) is 0.486. The number of nitrogens with zero attached hydrogens (tertiary/aromatic N) is 3. The summed E-state index contributed by atoms with van der Waals surface area (Å²) < 4.78 is 0. The van der Waals surface area contributed by atoms with Crippen LogP contribution >= 0.6 is 0 Å². The SMILES string of the molecule is O=C(C1CC1)N1CCN(c2ccc(-c3nc4ccc(-c5ccc(O)cc5)cc4[nH]3)cc2)CC1. The Bertz CT molecular complexity index is 1300. The predicted molar refractivity (Wildman–Crippen MR) is 130 cm³/mol. The number of phenols is 1. The fourth-order valence-electron chi connectivity index (χ4n) is 4.58. The van der Waals surface area contributed by atoms with Crippen molar-refractivity contribution in [3.63, 3.8) is 0 Å². The molecule has 0 spiro atoms. The molecule has 6 heteroatoms. The van der Waals surface area contributed by atoms with Crippen molar-refractivity contribution >= 4 is 22.6 Å². The second-order valence-electron chi connectivity index (χ2n) is 9.00. The smallest absolute Gasteiger partial charge is 0.225 e. The van der Waals surface area contributed by atoms with Gasteiger partial charge in [-0.1, -0.05) is 18.2 Å². The van der Waals surface area contributed by atoms with E-state index < -0.39 is 0 Å². The summed E-state index contributed by atoms with van der Waals surface area (Å²) in [4.78, 5) is 24.9. The van der Waals surface area contributed by atoms with Crippen molar-refractivity contribution in [1.82, 2.24) is 14.9 Å². The molecule has 1 aliphatic carbocycles. The Morgan fingerprint density at radius 2 is 1.52 bits per heavy atom. The number of H-pyrrole nitrogens is 1. The van der Waals surface area contributed by atoms with E-state index in [2.05, 4.69) is 46.3 Å². The summed E-state index contributed by atoms with van der Waals surface area (Å²) in [7, 11) is 0. The van der Waals surface area contributed by atoms with Crippen LogP contribution in [0.5, 0.6) is 5.75 Å². The summed E-state index contributed by atoms with van der Waals surface area (Å²) in [5.74, 6) is 1.76. The van der Waals surface area contributed by atoms with E-state index in [9.17, 15) is 9.90 Å². The third-order valence-electron chi connectivity index (χ3n) is 6.71. The molecule has 6 rings (SSSR count). The van der Waals surface area contributed by atoms with Crippen LogP contribution < -0.4 is 4.90 Å². The lowest BCUT2D eigenvalue weighted by molar-refractivity contribution is -0.132. The molecule has 1 saturated carbocycles. The van der Waals surface area contributed by atoms with Gasteiger partial charge in [-0.05, 0) is 72.5 Å². The summed E-state index contributed by atoms with van der Waals surface area (Å²) in [6.45, 7) is 3.37. The number of aromatic nitrogens is 2. The Morgan fingerprint density at radius 3 is 2.21 bits per heavy atom. The van der Waals surface area contributed by atoms with Crippen molar-refractivity contribution in [2.75, 3.05) is 31.1 Å². The summed E-state index contributed by atoms with van der Waals surface area (Å²) >= 11 is 0. The molecule has 1 aromatic heterocycles. The van der Waals surface area contributed by atoms with Gasteiger partial charge in [-0.15, -0.1) is 0 Å². The maximum Gasteiger partial charge on any atom is 0.225 e. The van der Waals surface area contributed by atoms with Crippen LogP contribution in [0.2, 0.25) is 0 Å². The molecule has 1 amide bonds. The number of phenolic OH excluding ortho intramolecular Hbond substituents is 1. The molecule has 6 nitrogen and oxygen atoms in total. The fourth-order valence-corrected chi connectivity index (χ4v) is 4.58. The first-order valence-corrected chi connectivity index (χ1v) is 11.6. The predicted octanol–water partition coefficient (Wildman–Crippen LogP) is 4.66. The highest BCUT2D eigenvalue weighted by molar-refractivity contribution is 5.85. The summed E-state index contributed by atoms with van der Waals surface area (Å²) in [6, 6.07) is 21.9. The third-order valence-corrected chi connectivity index (χ3v) is 6.71. The van der Waals surface area contributed by atoms with Crippen LogP contribution in [0.3, 0.4) is 0 Å². The number of fused-ring (bicyclic) bond motifs is 1. The zero-order chi connectivity index (χ0) is 22.4. The minimum atomic E-state index is 0.265. The number of aromatic hydroxyl groups is 1. The van der Waals surface area contributed by atoms with Gasteiger partial charge in [0.25, 0.3) is 0 Å². The topological polar surface area (TPSA) is 72.5 Å². The molecule has 1 aliphatic heterocycles. The summed E-state index contributed by atoms with van der Waals surface area (Å²) in [6.07, 6.45) is 2.14. The molecule has 2 heterocycles. The lowest BCUT2D eigenvalue weighted by Gasteiger charge is -2.36. The second kappa shape index (κ2) is 7.96. The first-order chi connectivity index (χ1) is 16.1. The average molecular weight is 439 g/mol. The molecule has 166 valence electrons. The molecule has 2 fully saturated rings. The number of hydrogen-bond donors (Lipinski definition) is 2. The molecule has 0 unspecified atom stereocenters. The normalized spacial score (nSPS) is 16.4. The number of piperazine rings is 1. The fraction of sp³-hybridized carbons (Fsp3) is 0.259. The molecule has 4 aromatic rings. The number of nitrogens with one attached hydrogen (secondary N) is 1. The van der Waals surface area contributed by atoms with Crippen LogP contribution in [0.15, 0.2) is 66.7 Å². The molecule has 0 radical (unpaired) electrons. The second-order valence-corrected chi connectivity index (χ2v) is 9.00. The van der Waals surface area contributed by atoms with E-state index in [1.165, 1.54) is 5.69 Å². The van der Waals surface area contributed by atoms with Crippen LogP contribution in [0.25, 0.3) is 33.5 Å². The van der Waals surface area contributed by atoms with Gasteiger partial charge in [0.15, 0.2) is 0 Å². The maximum atomic E-state index is 12.3. The van der Waals surface area contributed by atoms with Gasteiger partial charge in [-0.25, -0.2) is 4.98 Å². The number of benzene rings is 3. The highest BCUT2D eigenvalue weighted by Gasteiger charge is 2.34. The molecule has 2 aliphatic rings. The van der Waals surface area contributed by atoms with E-state index in [0.717, 1.165) is 72.6 Å². The molecule has 2 N–H and O–H groups in total. The van der Waals surface area contributed by atoms with E-state index >= 15 is 0 Å². The number of imidazole rings is 1. The van der Waals surface area contributed by atoms with Gasteiger partial charge in [0.2, 0.25) is 5.91 Å². The van der Waals surface area contributed by atoms with Gasteiger partial charge in [-0.2, -0.15) is 0 Å². The van der Waals surface area contributed by atoms with Crippen molar-refractivity contribution in [3.05, 3.63) is 66.7 Å². The zero-order valence-electron chi connectivity index (χ0n) is 18.4. The molecule has 0 atom stereocenters. The van der Waals surface area contributed by atoms with Gasteiger partial charge >= 0.3 is 0 Å². The van der Waals surface area contributed by atoms with Gasteiger partial charge < -0.3 is 19.9 Å². The van der Waals surface area contributed by atoms with Crippen molar-refractivity contribution < 1.29 is 9.90 Å². The lowest BCUT2D eigenvalue weighted by atomic mass is 10.1. The zero-order valence-corrected chi connectivity index (χ0v) is 18.4. The van der Waals surface area contributed by atoms with Crippen molar-refractivity contribution in [3.8, 4) is 28.3 Å². The number of hydrogen-bond acceptors (Lipinski definition) is 4. The Morgan fingerprint density at radius 1 is 0.848 bits per heavy atom. The molecular weight excluding hydrogens is 412 g/mol. The van der Waals surface area contributed by atoms with Crippen molar-refractivity contribution in [2.24, 2.45) is 5.92 Å². The maximum absolute atomic E-state index is 12.3. The van der Waals surface area contributed by atoms with Gasteiger partial charge in [0.05, 0.1) is 11.0 Å². The van der Waals surface area contributed by atoms with E-state index in [1.807, 2.05) is 23.1 Å². The molecule has 0 bridgehead atoms.